The Hall–Kier alpha value is -1.88. The molecular formula is C16H25N3O2. The van der Waals surface area contributed by atoms with E-state index in [1.54, 1.807) is 27.9 Å². The second-order valence-corrected chi connectivity index (χ2v) is 5.63. The molecule has 0 bridgehead atoms. The number of nitrogens with two attached hydrogens (primary N) is 1. The number of carbonyl (C=O) groups excluding carboxylic acids is 2. The van der Waals surface area contributed by atoms with E-state index in [9.17, 15) is 9.59 Å². The van der Waals surface area contributed by atoms with Gasteiger partial charge in [-0.15, -0.1) is 0 Å². The number of benzene rings is 1. The summed E-state index contributed by atoms with van der Waals surface area (Å²) in [7, 11) is 3.36. The van der Waals surface area contributed by atoms with Gasteiger partial charge in [0.05, 0.1) is 0 Å². The van der Waals surface area contributed by atoms with Gasteiger partial charge in [-0.2, -0.15) is 0 Å². The van der Waals surface area contributed by atoms with Crippen molar-refractivity contribution in [3.63, 3.8) is 0 Å². The lowest BCUT2D eigenvalue weighted by molar-refractivity contribution is -0.135. The van der Waals surface area contributed by atoms with Gasteiger partial charge < -0.3 is 16.0 Å². The van der Waals surface area contributed by atoms with Crippen LogP contribution in [-0.4, -0.2) is 42.9 Å². The Kier molecular flexibility index (Phi) is 6.37. The molecule has 2 amide bonds. The minimum absolute atomic E-state index is 0.121. The largest absolute Gasteiger partial charge is 0.347 e. The predicted octanol–water partition coefficient (Wildman–Crippen LogP) is 0.785. The highest BCUT2D eigenvalue weighted by molar-refractivity contribution is 5.88. The van der Waals surface area contributed by atoms with Gasteiger partial charge in [0.2, 0.25) is 11.8 Å². The van der Waals surface area contributed by atoms with Gasteiger partial charge in [-0.1, -0.05) is 37.3 Å². The summed E-state index contributed by atoms with van der Waals surface area (Å²) in [5.74, 6) is -0.650. The average molecular weight is 291 g/mol. The van der Waals surface area contributed by atoms with E-state index < -0.39 is 6.04 Å². The Morgan fingerprint density at radius 1 is 1.19 bits per heavy atom. The highest BCUT2D eigenvalue weighted by Gasteiger charge is 2.26. The van der Waals surface area contributed by atoms with Gasteiger partial charge >= 0.3 is 0 Å². The van der Waals surface area contributed by atoms with Crippen LogP contribution in [0.25, 0.3) is 0 Å². The molecule has 0 saturated heterocycles. The van der Waals surface area contributed by atoms with E-state index in [4.69, 9.17) is 5.73 Å². The minimum Gasteiger partial charge on any atom is -0.347 e. The molecule has 3 N–H and O–H groups in total. The predicted molar refractivity (Wildman–Crippen MR) is 83.6 cm³/mol. The zero-order valence-corrected chi connectivity index (χ0v) is 13.2. The third-order valence-corrected chi connectivity index (χ3v) is 3.54. The first-order valence-corrected chi connectivity index (χ1v) is 7.14. The lowest BCUT2D eigenvalue weighted by atomic mass is 10.0. The zero-order valence-electron chi connectivity index (χ0n) is 13.2. The maximum atomic E-state index is 12.3. The van der Waals surface area contributed by atoms with Crippen molar-refractivity contribution in [3.8, 4) is 0 Å². The topological polar surface area (TPSA) is 75.4 Å². The molecule has 116 valence electrons. The van der Waals surface area contributed by atoms with Crippen molar-refractivity contribution in [1.82, 2.24) is 10.2 Å². The van der Waals surface area contributed by atoms with Crippen LogP contribution < -0.4 is 11.1 Å². The van der Waals surface area contributed by atoms with Crippen LogP contribution in [0.3, 0.4) is 0 Å². The molecule has 5 heteroatoms. The van der Waals surface area contributed by atoms with Crippen LogP contribution in [0, 0.1) is 5.92 Å². The van der Waals surface area contributed by atoms with Crippen LogP contribution in [0.15, 0.2) is 30.3 Å². The van der Waals surface area contributed by atoms with E-state index >= 15 is 0 Å². The highest BCUT2D eigenvalue weighted by atomic mass is 16.2. The first-order valence-electron chi connectivity index (χ1n) is 7.14. The second kappa shape index (κ2) is 7.78. The molecule has 0 fully saturated rings. The van der Waals surface area contributed by atoms with Crippen molar-refractivity contribution in [2.24, 2.45) is 11.7 Å². The summed E-state index contributed by atoms with van der Waals surface area (Å²) in [6.07, 6.45) is 0.468. The molecule has 0 aliphatic rings. The smallest absolute Gasteiger partial charge is 0.244 e. The molecule has 3 atom stereocenters. The summed E-state index contributed by atoms with van der Waals surface area (Å²) in [6.45, 7) is 3.55. The van der Waals surface area contributed by atoms with Gasteiger partial charge in [-0.05, 0) is 12.5 Å². The van der Waals surface area contributed by atoms with Crippen molar-refractivity contribution in [3.05, 3.63) is 35.9 Å². The van der Waals surface area contributed by atoms with E-state index in [1.165, 1.54) is 4.90 Å². The number of hydrogen-bond acceptors (Lipinski definition) is 3. The standard InChI is InChI=1S/C16H25N3O2/c1-11(12(2)17)15(20)18-14(16(21)19(3)4)10-13-8-6-5-7-9-13/h5-9,11-12,14H,10,17H2,1-4H3,(H,18,20). The second-order valence-electron chi connectivity index (χ2n) is 5.63. The zero-order chi connectivity index (χ0) is 16.0. The Morgan fingerprint density at radius 3 is 2.24 bits per heavy atom. The van der Waals surface area contributed by atoms with Gasteiger partial charge in [0, 0.05) is 32.5 Å². The molecule has 0 saturated carbocycles. The van der Waals surface area contributed by atoms with Gasteiger partial charge in [0.25, 0.3) is 0 Å². The molecule has 1 rings (SSSR count). The maximum Gasteiger partial charge on any atom is 0.244 e. The van der Waals surface area contributed by atoms with Crippen LogP contribution in [-0.2, 0) is 16.0 Å². The fourth-order valence-corrected chi connectivity index (χ4v) is 1.90. The fourth-order valence-electron chi connectivity index (χ4n) is 1.90. The molecule has 5 nitrogen and oxygen atoms in total. The Morgan fingerprint density at radius 2 is 1.76 bits per heavy atom. The van der Waals surface area contributed by atoms with E-state index in [0.717, 1.165) is 5.56 Å². The number of carbonyl (C=O) groups is 2. The van der Waals surface area contributed by atoms with E-state index in [1.807, 2.05) is 30.3 Å². The number of hydrogen-bond donors (Lipinski definition) is 2. The molecule has 0 aromatic heterocycles. The van der Waals surface area contributed by atoms with Crippen molar-refractivity contribution < 1.29 is 9.59 Å². The quantitative estimate of drug-likeness (QED) is 0.813. The molecule has 3 unspecified atom stereocenters. The number of nitrogens with one attached hydrogen (secondary N) is 1. The van der Waals surface area contributed by atoms with E-state index in [2.05, 4.69) is 5.32 Å². The Labute approximate surface area is 126 Å². The van der Waals surface area contributed by atoms with Gasteiger partial charge in [0.1, 0.15) is 6.04 Å². The molecule has 21 heavy (non-hydrogen) atoms. The molecular weight excluding hydrogens is 266 g/mol. The van der Waals surface area contributed by atoms with Gasteiger partial charge in [-0.25, -0.2) is 0 Å². The van der Waals surface area contributed by atoms with Crippen molar-refractivity contribution >= 4 is 11.8 Å². The van der Waals surface area contributed by atoms with Crippen molar-refractivity contribution in [2.45, 2.75) is 32.4 Å². The lowest BCUT2D eigenvalue weighted by Gasteiger charge is -2.24. The van der Waals surface area contributed by atoms with E-state index in [0.29, 0.717) is 6.42 Å². The van der Waals surface area contributed by atoms with Crippen LogP contribution >= 0.6 is 0 Å². The van der Waals surface area contributed by atoms with Crippen LogP contribution in [0.5, 0.6) is 0 Å². The van der Waals surface area contributed by atoms with Crippen LogP contribution in [0.1, 0.15) is 19.4 Å². The number of nitrogens with zero attached hydrogens (tertiary/aromatic N) is 1. The first kappa shape index (κ1) is 17.2. The monoisotopic (exact) mass is 291 g/mol. The Bertz CT molecular complexity index is 472. The molecule has 0 spiro atoms. The van der Waals surface area contributed by atoms with Crippen LogP contribution in [0.4, 0.5) is 0 Å². The van der Waals surface area contributed by atoms with Gasteiger partial charge in [-0.3, -0.25) is 9.59 Å². The normalized spacial score (nSPS) is 14.9. The molecule has 1 aromatic rings. The van der Waals surface area contributed by atoms with E-state index in [-0.39, 0.29) is 23.8 Å². The number of likely N-dealkylation sites (N-methyl/N-ethyl adjacent to an activating group) is 1. The summed E-state index contributed by atoms with van der Waals surface area (Å²) >= 11 is 0. The summed E-state index contributed by atoms with van der Waals surface area (Å²) in [6, 6.07) is 8.81. The summed E-state index contributed by atoms with van der Waals surface area (Å²) in [4.78, 5) is 25.9. The third kappa shape index (κ3) is 5.19. The number of rotatable bonds is 6. The lowest BCUT2D eigenvalue weighted by Crippen LogP contribution is -2.50. The number of amides is 2. The van der Waals surface area contributed by atoms with Crippen LogP contribution in [0.2, 0.25) is 0 Å². The highest BCUT2D eigenvalue weighted by Crippen LogP contribution is 2.07. The fraction of sp³-hybridized carbons (Fsp3) is 0.500. The third-order valence-electron chi connectivity index (χ3n) is 3.54. The van der Waals surface area contributed by atoms with Crippen molar-refractivity contribution in [1.29, 1.82) is 0 Å². The molecule has 0 radical (unpaired) electrons. The average Bonchev–Trinajstić information content (AvgIpc) is 2.45. The first-order chi connectivity index (χ1) is 9.82. The SMILES string of the molecule is CC(N)C(C)C(=O)NC(Cc1ccccc1)C(=O)N(C)C. The summed E-state index contributed by atoms with van der Waals surface area (Å²) in [5, 5.41) is 2.82. The van der Waals surface area contributed by atoms with Crippen molar-refractivity contribution in [2.75, 3.05) is 14.1 Å². The molecule has 0 aliphatic heterocycles. The molecule has 0 aliphatic carbocycles. The summed E-state index contributed by atoms with van der Waals surface area (Å²) in [5.41, 5.74) is 6.75. The minimum atomic E-state index is -0.573. The molecule has 0 heterocycles. The van der Waals surface area contributed by atoms with Gasteiger partial charge in [0.15, 0.2) is 0 Å². The Balaban J connectivity index is 2.83. The molecule has 1 aromatic carbocycles. The summed E-state index contributed by atoms with van der Waals surface area (Å²) < 4.78 is 0. The maximum absolute atomic E-state index is 12.3.